The largest absolute Gasteiger partial charge is 0.127 e. The molecule has 0 saturated carbocycles. The molecular weight excluding hydrogens is 216 g/mol. The summed E-state index contributed by atoms with van der Waals surface area (Å²) in [6.45, 7) is 2.16. The summed E-state index contributed by atoms with van der Waals surface area (Å²) in [6.07, 6.45) is 20.5. The molecule has 0 spiro atoms. The molecule has 0 atom stereocenters. The van der Waals surface area contributed by atoms with Gasteiger partial charge in [0.05, 0.1) is 0 Å². The Morgan fingerprint density at radius 3 is 1.94 bits per heavy atom. The maximum absolute atomic E-state index is 5.62. The van der Waals surface area contributed by atoms with E-state index in [1.165, 1.54) is 51.4 Å². The summed E-state index contributed by atoms with van der Waals surface area (Å²) in [5.41, 5.74) is 0. The van der Waals surface area contributed by atoms with E-state index >= 15 is 0 Å². The van der Waals surface area contributed by atoms with Crippen LogP contribution in [0.3, 0.4) is 0 Å². The SMILES string of the molecule is CC/C=C/C=C/CCCCCCCCCCl. The molecule has 0 N–H and O–H groups in total. The van der Waals surface area contributed by atoms with Gasteiger partial charge in [-0.2, -0.15) is 0 Å². The quantitative estimate of drug-likeness (QED) is 0.242. The highest BCUT2D eigenvalue weighted by Crippen LogP contribution is 2.09. The molecule has 0 unspecified atom stereocenters. The number of halogens is 1. The average Bonchev–Trinajstić information content (AvgIpc) is 2.31. The minimum absolute atomic E-state index is 0.829. The lowest BCUT2D eigenvalue weighted by molar-refractivity contribution is 0.593. The van der Waals surface area contributed by atoms with Gasteiger partial charge in [-0.05, 0) is 25.7 Å². The Morgan fingerprint density at radius 2 is 1.31 bits per heavy atom. The zero-order valence-corrected chi connectivity index (χ0v) is 11.5. The number of allylic oxidation sites excluding steroid dienone is 4. The minimum atomic E-state index is 0.829. The highest BCUT2D eigenvalue weighted by molar-refractivity contribution is 6.17. The molecule has 1 heteroatoms. The number of unbranched alkanes of at least 4 members (excludes halogenated alkanes) is 7. The van der Waals surface area contributed by atoms with Crippen molar-refractivity contribution in [2.45, 2.75) is 64.7 Å². The van der Waals surface area contributed by atoms with Gasteiger partial charge in [-0.3, -0.25) is 0 Å². The van der Waals surface area contributed by atoms with E-state index in [0.717, 1.165) is 12.3 Å². The molecule has 0 bridgehead atoms. The first-order valence-electron chi connectivity index (χ1n) is 6.79. The van der Waals surface area contributed by atoms with Gasteiger partial charge in [-0.15, -0.1) is 11.6 Å². The van der Waals surface area contributed by atoms with E-state index in [-0.39, 0.29) is 0 Å². The van der Waals surface area contributed by atoms with Gasteiger partial charge in [0.2, 0.25) is 0 Å². The van der Waals surface area contributed by atoms with Gasteiger partial charge in [-0.1, -0.05) is 63.3 Å². The van der Waals surface area contributed by atoms with Gasteiger partial charge in [0.25, 0.3) is 0 Å². The van der Waals surface area contributed by atoms with Crippen LogP contribution in [0.2, 0.25) is 0 Å². The smallest absolute Gasteiger partial charge is 0.0223 e. The van der Waals surface area contributed by atoms with Crippen LogP contribution in [0.4, 0.5) is 0 Å². The van der Waals surface area contributed by atoms with E-state index in [2.05, 4.69) is 31.2 Å². The summed E-state index contributed by atoms with van der Waals surface area (Å²) in [7, 11) is 0. The molecule has 0 aliphatic rings. The summed E-state index contributed by atoms with van der Waals surface area (Å²) in [5, 5.41) is 0. The van der Waals surface area contributed by atoms with E-state index in [9.17, 15) is 0 Å². The number of rotatable bonds is 11. The van der Waals surface area contributed by atoms with Gasteiger partial charge in [0.1, 0.15) is 0 Å². The molecule has 94 valence electrons. The Kier molecular flexibility index (Phi) is 14.6. The third-order valence-corrected chi connectivity index (χ3v) is 2.89. The predicted molar refractivity (Wildman–Crippen MR) is 76.2 cm³/mol. The summed E-state index contributed by atoms with van der Waals surface area (Å²) < 4.78 is 0. The van der Waals surface area contributed by atoms with Crippen molar-refractivity contribution in [2.24, 2.45) is 0 Å². The van der Waals surface area contributed by atoms with E-state index < -0.39 is 0 Å². The molecule has 0 fully saturated rings. The Balaban J connectivity index is 3.03. The van der Waals surface area contributed by atoms with Crippen molar-refractivity contribution in [3.05, 3.63) is 24.3 Å². The first-order valence-corrected chi connectivity index (χ1v) is 7.33. The van der Waals surface area contributed by atoms with Crippen molar-refractivity contribution in [3.8, 4) is 0 Å². The maximum atomic E-state index is 5.62. The van der Waals surface area contributed by atoms with Gasteiger partial charge >= 0.3 is 0 Å². The zero-order valence-electron chi connectivity index (χ0n) is 10.8. The molecule has 0 amide bonds. The van der Waals surface area contributed by atoms with E-state index in [0.29, 0.717) is 0 Å². The second kappa shape index (κ2) is 14.8. The number of hydrogen-bond acceptors (Lipinski definition) is 0. The topological polar surface area (TPSA) is 0 Å². The molecule has 0 heterocycles. The fourth-order valence-electron chi connectivity index (χ4n) is 1.63. The fraction of sp³-hybridized carbons (Fsp3) is 0.733. The van der Waals surface area contributed by atoms with E-state index in [1.807, 2.05) is 0 Å². The van der Waals surface area contributed by atoms with Crippen LogP contribution in [0, 0.1) is 0 Å². The van der Waals surface area contributed by atoms with Gasteiger partial charge in [0.15, 0.2) is 0 Å². The van der Waals surface area contributed by atoms with Crippen LogP contribution < -0.4 is 0 Å². The van der Waals surface area contributed by atoms with Crippen molar-refractivity contribution < 1.29 is 0 Å². The first-order chi connectivity index (χ1) is 7.91. The highest BCUT2D eigenvalue weighted by atomic mass is 35.5. The molecular formula is C15H27Cl. The molecule has 0 aromatic carbocycles. The first kappa shape index (κ1) is 15.8. The molecule has 0 rings (SSSR count). The second-order valence-electron chi connectivity index (χ2n) is 4.22. The van der Waals surface area contributed by atoms with Crippen LogP contribution in [0.5, 0.6) is 0 Å². The average molecular weight is 243 g/mol. The number of hydrogen-bond donors (Lipinski definition) is 0. The lowest BCUT2D eigenvalue weighted by Crippen LogP contribution is -1.80. The molecule has 0 aliphatic carbocycles. The highest BCUT2D eigenvalue weighted by Gasteiger charge is 1.90. The van der Waals surface area contributed by atoms with E-state index in [4.69, 9.17) is 11.6 Å². The van der Waals surface area contributed by atoms with Crippen molar-refractivity contribution >= 4 is 11.6 Å². The van der Waals surface area contributed by atoms with E-state index in [1.54, 1.807) is 0 Å². The van der Waals surface area contributed by atoms with Crippen LogP contribution in [0.1, 0.15) is 64.7 Å². The third-order valence-electron chi connectivity index (χ3n) is 2.62. The molecule has 0 aromatic rings. The second-order valence-corrected chi connectivity index (χ2v) is 4.60. The summed E-state index contributed by atoms with van der Waals surface area (Å²) in [6, 6.07) is 0. The van der Waals surface area contributed by atoms with Crippen LogP contribution in [-0.2, 0) is 0 Å². The summed E-state index contributed by atoms with van der Waals surface area (Å²) >= 11 is 5.62. The fourth-order valence-corrected chi connectivity index (χ4v) is 1.82. The normalized spacial score (nSPS) is 11.9. The van der Waals surface area contributed by atoms with Crippen LogP contribution in [0.25, 0.3) is 0 Å². The molecule has 0 saturated heterocycles. The summed E-state index contributed by atoms with van der Waals surface area (Å²) in [5.74, 6) is 0.829. The molecule has 0 aromatic heterocycles. The Morgan fingerprint density at radius 1 is 0.750 bits per heavy atom. The van der Waals surface area contributed by atoms with Crippen molar-refractivity contribution in [1.82, 2.24) is 0 Å². The molecule has 0 aliphatic heterocycles. The third kappa shape index (κ3) is 13.8. The minimum Gasteiger partial charge on any atom is -0.127 e. The van der Waals surface area contributed by atoms with Crippen LogP contribution in [0.15, 0.2) is 24.3 Å². The lowest BCUT2D eigenvalue weighted by Gasteiger charge is -1.99. The van der Waals surface area contributed by atoms with Crippen LogP contribution >= 0.6 is 11.6 Å². The van der Waals surface area contributed by atoms with Gasteiger partial charge in [-0.25, -0.2) is 0 Å². The number of alkyl halides is 1. The lowest BCUT2D eigenvalue weighted by atomic mass is 10.1. The monoisotopic (exact) mass is 242 g/mol. The standard InChI is InChI=1S/C15H27Cl/c1-2-3-4-5-6-7-8-9-10-11-12-13-14-15-16/h3-6H,2,7-15H2,1H3/b4-3+,6-5+. The van der Waals surface area contributed by atoms with Crippen molar-refractivity contribution in [2.75, 3.05) is 5.88 Å². The summed E-state index contributed by atoms with van der Waals surface area (Å²) in [4.78, 5) is 0. The van der Waals surface area contributed by atoms with Crippen LogP contribution in [-0.4, -0.2) is 5.88 Å². The Labute approximate surface area is 107 Å². The Hall–Kier alpha value is -0.230. The van der Waals surface area contributed by atoms with Crippen molar-refractivity contribution in [3.63, 3.8) is 0 Å². The van der Waals surface area contributed by atoms with Gasteiger partial charge < -0.3 is 0 Å². The maximum Gasteiger partial charge on any atom is 0.0223 e. The van der Waals surface area contributed by atoms with Gasteiger partial charge in [0, 0.05) is 5.88 Å². The predicted octanol–water partition coefficient (Wildman–Crippen LogP) is 5.87. The zero-order chi connectivity index (χ0) is 11.9. The molecule has 0 nitrogen and oxygen atoms in total. The molecule has 0 radical (unpaired) electrons. The van der Waals surface area contributed by atoms with Crippen molar-refractivity contribution in [1.29, 1.82) is 0 Å². The Bertz CT molecular complexity index is 170. The molecule has 16 heavy (non-hydrogen) atoms.